The van der Waals surface area contributed by atoms with Gasteiger partial charge in [0, 0.05) is 36.5 Å². The number of nitrogen functional groups attached to an aromatic ring is 1. The number of aromatic nitrogens is 1. The number of hydrogen-bond donors (Lipinski definition) is 1. The van der Waals surface area contributed by atoms with E-state index in [4.69, 9.17) is 15.2 Å². The summed E-state index contributed by atoms with van der Waals surface area (Å²) in [6.07, 6.45) is 6.48. The Hall–Kier alpha value is -4.36. The van der Waals surface area contributed by atoms with Crippen molar-refractivity contribution in [2.24, 2.45) is 0 Å². The summed E-state index contributed by atoms with van der Waals surface area (Å²) in [7, 11) is 0. The second kappa shape index (κ2) is 13.1. The number of nitrogens with zero attached hydrogens (tertiary/aromatic N) is 3. The van der Waals surface area contributed by atoms with Gasteiger partial charge in [0.15, 0.2) is 11.6 Å². The fourth-order valence-corrected chi connectivity index (χ4v) is 5.84. The van der Waals surface area contributed by atoms with E-state index in [1.54, 1.807) is 6.20 Å². The molecule has 0 atom stereocenters. The van der Waals surface area contributed by atoms with Crippen LogP contribution in [0, 0.1) is 0 Å². The number of amides is 1. The predicted octanol–water partition coefficient (Wildman–Crippen LogP) is 6.19. The Balaban J connectivity index is 1.03. The molecule has 1 amide bonds. The third-order valence-electron chi connectivity index (χ3n) is 8.32. The van der Waals surface area contributed by atoms with E-state index in [0.717, 1.165) is 59.5 Å². The molecule has 216 valence electrons. The van der Waals surface area contributed by atoms with Gasteiger partial charge in [-0.1, -0.05) is 54.6 Å². The van der Waals surface area contributed by atoms with Crippen molar-refractivity contribution in [3.8, 4) is 22.6 Å². The van der Waals surface area contributed by atoms with Gasteiger partial charge in [0.1, 0.15) is 19.0 Å². The molecule has 2 N–H and O–H groups in total. The zero-order chi connectivity index (χ0) is 28.7. The molecule has 7 heteroatoms. The second-order valence-corrected chi connectivity index (χ2v) is 11.2. The number of likely N-dealkylation sites (tertiary alicyclic amines) is 2. The normalized spacial score (nSPS) is 16.0. The minimum atomic E-state index is 0.109. The zero-order valence-electron chi connectivity index (χ0n) is 24.0. The highest BCUT2D eigenvalue weighted by molar-refractivity contribution is 5.94. The van der Waals surface area contributed by atoms with Crippen molar-refractivity contribution in [2.75, 3.05) is 31.9 Å². The number of benzene rings is 3. The van der Waals surface area contributed by atoms with Crippen molar-refractivity contribution in [3.63, 3.8) is 0 Å². The van der Waals surface area contributed by atoms with Crippen LogP contribution in [-0.4, -0.2) is 52.9 Å². The smallest absolute Gasteiger partial charge is 0.253 e. The average Bonchev–Trinajstić information content (AvgIpc) is 3.60. The van der Waals surface area contributed by atoms with E-state index in [0.29, 0.717) is 30.8 Å². The standard InChI is InChI=1S/C35H38N4O3/c36-34-33(42-25-27-8-14-32(15-9-27)41-24-26-6-2-1-3-7-26)22-30(23-37-34)28-10-12-29(13-11-28)35(40)39-20-16-31(17-21-39)38-18-4-5-19-38/h1-3,6-15,22-23,31H,4-5,16-21,24-25H2,(H2,36,37). The maximum Gasteiger partial charge on any atom is 0.253 e. The Bertz CT molecular complexity index is 1460. The lowest BCUT2D eigenvalue weighted by molar-refractivity contribution is 0.0644. The maximum atomic E-state index is 13.2. The number of carbonyl (C=O) groups is 1. The van der Waals surface area contributed by atoms with Crippen LogP contribution in [0.5, 0.6) is 11.5 Å². The molecule has 2 fully saturated rings. The minimum absolute atomic E-state index is 0.109. The Kier molecular flexibility index (Phi) is 8.66. The molecular weight excluding hydrogens is 524 g/mol. The summed E-state index contributed by atoms with van der Waals surface area (Å²) in [4.78, 5) is 22.1. The molecule has 2 aliphatic rings. The van der Waals surface area contributed by atoms with E-state index in [9.17, 15) is 4.79 Å². The Morgan fingerprint density at radius 2 is 1.45 bits per heavy atom. The topological polar surface area (TPSA) is 80.9 Å². The van der Waals surface area contributed by atoms with E-state index < -0.39 is 0 Å². The van der Waals surface area contributed by atoms with Crippen LogP contribution in [-0.2, 0) is 13.2 Å². The highest BCUT2D eigenvalue weighted by Crippen LogP contribution is 2.29. The van der Waals surface area contributed by atoms with E-state index in [1.807, 2.05) is 89.8 Å². The first-order valence-electron chi connectivity index (χ1n) is 14.9. The summed E-state index contributed by atoms with van der Waals surface area (Å²) in [6.45, 7) is 4.96. The monoisotopic (exact) mass is 562 g/mol. The molecule has 0 radical (unpaired) electrons. The van der Waals surface area contributed by atoms with Crippen molar-refractivity contribution < 1.29 is 14.3 Å². The number of ether oxygens (including phenoxy) is 2. The lowest BCUT2D eigenvalue weighted by Crippen LogP contribution is -2.45. The van der Waals surface area contributed by atoms with Gasteiger partial charge in [-0.05, 0) is 85.8 Å². The molecule has 4 aromatic rings. The fourth-order valence-electron chi connectivity index (χ4n) is 5.84. The van der Waals surface area contributed by atoms with Crippen molar-refractivity contribution in [1.29, 1.82) is 0 Å². The van der Waals surface area contributed by atoms with Crippen LogP contribution in [0.4, 0.5) is 5.82 Å². The van der Waals surface area contributed by atoms with Crippen LogP contribution in [0.25, 0.3) is 11.1 Å². The third-order valence-corrected chi connectivity index (χ3v) is 8.32. The average molecular weight is 563 g/mol. The number of carbonyl (C=O) groups excluding carboxylic acids is 1. The molecule has 7 nitrogen and oxygen atoms in total. The molecule has 3 aromatic carbocycles. The lowest BCUT2D eigenvalue weighted by atomic mass is 10.0. The van der Waals surface area contributed by atoms with Crippen LogP contribution in [0.2, 0.25) is 0 Å². The van der Waals surface area contributed by atoms with Gasteiger partial charge in [-0.25, -0.2) is 4.98 Å². The van der Waals surface area contributed by atoms with E-state index in [1.165, 1.54) is 25.9 Å². The second-order valence-electron chi connectivity index (χ2n) is 11.2. The van der Waals surface area contributed by atoms with Crippen molar-refractivity contribution >= 4 is 11.7 Å². The summed E-state index contributed by atoms with van der Waals surface area (Å²) in [5, 5.41) is 0. The number of nitrogens with two attached hydrogens (primary N) is 1. The summed E-state index contributed by atoms with van der Waals surface area (Å²) in [6, 6.07) is 28.2. The predicted molar refractivity (Wildman–Crippen MR) is 165 cm³/mol. The van der Waals surface area contributed by atoms with Crippen LogP contribution in [0.1, 0.15) is 47.2 Å². The van der Waals surface area contributed by atoms with Crippen molar-refractivity contribution in [2.45, 2.75) is 44.9 Å². The highest BCUT2D eigenvalue weighted by Gasteiger charge is 2.28. The Morgan fingerprint density at radius 1 is 0.786 bits per heavy atom. The van der Waals surface area contributed by atoms with Gasteiger partial charge in [-0.2, -0.15) is 0 Å². The number of rotatable bonds is 9. The molecule has 2 aliphatic heterocycles. The van der Waals surface area contributed by atoms with Crippen molar-refractivity contribution in [1.82, 2.24) is 14.8 Å². The summed E-state index contributed by atoms with van der Waals surface area (Å²) in [5.74, 6) is 1.78. The van der Waals surface area contributed by atoms with Crippen LogP contribution >= 0.6 is 0 Å². The third kappa shape index (κ3) is 6.74. The molecule has 0 saturated carbocycles. The summed E-state index contributed by atoms with van der Waals surface area (Å²) < 4.78 is 11.9. The molecule has 6 rings (SSSR count). The van der Waals surface area contributed by atoms with Gasteiger partial charge < -0.3 is 25.0 Å². The first-order chi connectivity index (χ1) is 20.6. The first-order valence-corrected chi connectivity index (χ1v) is 14.9. The van der Waals surface area contributed by atoms with Crippen LogP contribution in [0.15, 0.2) is 91.1 Å². The van der Waals surface area contributed by atoms with Gasteiger partial charge in [-0.3, -0.25) is 4.79 Å². The zero-order valence-corrected chi connectivity index (χ0v) is 24.0. The SMILES string of the molecule is Nc1ncc(-c2ccc(C(=O)N3CCC(N4CCCC4)CC3)cc2)cc1OCc1ccc(OCc2ccccc2)cc1. The first kappa shape index (κ1) is 27.8. The maximum absolute atomic E-state index is 13.2. The number of hydrogen-bond acceptors (Lipinski definition) is 6. The quantitative estimate of drug-likeness (QED) is 0.262. The van der Waals surface area contributed by atoms with E-state index in [-0.39, 0.29) is 5.91 Å². The van der Waals surface area contributed by atoms with Gasteiger partial charge in [-0.15, -0.1) is 0 Å². The van der Waals surface area contributed by atoms with Crippen LogP contribution in [0.3, 0.4) is 0 Å². The molecule has 3 heterocycles. The Labute approximate surface area is 247 Å². The van der Waals surface area contributed by atoms with Gasteiger partial charge in [0.05, 0.1) is 0 Å². The highest BCUT2D eigenvalue weighted by atomic mass is 16.5. The molecule has 2 saturated heterocycles. The molecule has 0 unspecified atom stereocenters. The fraction of sp³-hybridized carbons (Fsp3) is 0.314. The number of pyridine rings is 1. The largest absolute Gasteiger partial charge is 0.489 e. The summed E-state index contributed by atoms with van der Waals surface area (Å²) >= 11 is 0. The number of piperidine rings is 1. The van der Waals surface area contributed by atoms with Gasteiger partial charge in [0.25, 0.3) is 5.91 Å². The van der Waals surface area contributed by atoms with Crippen LogP contribution < -0.4 is 15.2 Å². The lowest BCUT2D eigenvalue weighted by Gasteiger charge is -2.36. The van der Waals surface area contributed by atoms with E-state index >= 15 is 0 Å². The van der Waals surface area contributed by atoms with Crippen molar-refractivity contribution in [3.05, 3.63) is 108 Å². The Morgan fingerprint density at radius 3 is 2.17 bits per heavy atom. The van der Waals surface area contributed by atoms with Gasteiger partial charge in [0.2, 0.25) is 0 Å². The summed E-state index contributed by atoms with van der Waals surface area (Å²) in [5.41, 5.74) is 10.8. The molecule has 0 bridgehead atoms. The number of anilines is 1. The molecule has 0 spiro atoms. The van der Waals surface area contributed by atoms with E-state index in [2.05, 4.69) is 9.88 Å². The molecular formula is C35H38N4O3. The molecule has 1 aromatic heterocycles. The molecule has 0 aliphatic carbocycles. The molecule has 42 heavy (non-hydrogen) atoms. The van der Waals surface area contributed by atoms with Gasteiger partial charge >= 0.3 is 0 Å². The minimum Gasteiger partial charge on any atom is -0.489 e.